The minimum Gasteiger partial charge on any atom is -0.493 e. The van der Waals surface area contributed by atoms with Crippen molar-refractivity contribution in [2.24, 2.45) is 5.92 Å². The first-order chi connectivity index (χ1) is 19.6. The Balaban J connectivity index is 1.83. The van der Waals surface area contributed by atoms with E-state index in [0.29, 0.717) is 57.3 Å². The standard InChI is InChI=1S/C32H38BrNO7/c1-8-40-27-15-21(11-22(33)31(27)39-7)29-28(32(36)41-16-17(2)3)18(4)34-23-12-20(13-24(35)30(23)29)19-9-10-25(37-5)26(14-19)38-6/h9-11,14-15,17,20,29,34H,8,12-13,16H2,1-7H3. The third kappa shape index (κ3) is 6.25. The summed E-state index contributed by atoms with van der Waals surface area (Å²) in [5.74, 6) is 1.31. The summed E-state index contributed by atoms with van der Waals surface area (Å²) >= 11 is 3.61. The molecule has 0 spiro atoms. The number of allylic oxidation sites excluding steroid dienone is 3. The number of esters is 1. The maximum atomic E-state index is 14.0. The lowest BCUT2D eigenvalue weighted by Crippen LogP contribution is -2.36. The highest BCUT2D eigenvalue weighted by molar-refractivity contribution is 9.10. The van der Waals surface area contributed by atoms with Gasteiger partial charge in [0, 0.05) is 29.3 Å². The van der Waals surface area contributed by atoms with Crippen molar-refractivity contribution >= 4 is 27.7 Å². The van der Waals surface area contributed by atoms with Gasteiger partial charge in [0.15, 0.2) is 28.8 Å². The number of rotatable bonds is 10. The molecule has 2 aliphatic rings. The molecule has 0 amide bonds. The molecule has 2 atom stereocenters. The monoisotopic (exact) mass is 627 g/mol. The molecule has 1 heterocycles. The Morgan fingerprint density at radius 2 is 1.71 bits per heavy atom. The number of ketones is 1. The third-order valence-electron chi connectivity index (χ3n) is 7.34. The Morgan fingerprint density at radius 1 is 1.00 bits per heavy atom. The minimum atomic E-state index is -0.633. The molecule has 0 bridgehead atoms. The normalized spacial score (nSPS) is 18.6. The van der Waals surface area contributed by atoms with Gasteiger partial charge >= 0.3 is 5.97 Å². The summed E-state index contributed by atoms with van der Waals surface area (Å²) in [7, 11) is 4.77. The Morgan fingerprint density at radius 3 is 2.34 bits per heavy atom. The molecule has 1 aliphatic carbocycles. The smallest absolute Gasteiger partial charge is 0.336 e. The second-order valence-electron chi connectivity index (χ2n) is 10.6. The maximum Gasteiger partial charge on any atom is 0.336 e. The molecule has 2 aromatic rings. The van der Waals surface area contributed by atoms with Crippen molar-refractivity contribution in [3.8, 4) is 23.0 Å². The van der Waals surface area contributed by atoms with Crippen LogP contribution >= 0.6 is 15.9 Å². The molecular formula is C32H38BrNO7. The molecule has 41 heavy (non-hydrogen) atoms. The molecule has 220 valence electrons. The van der Waals surface area contributed by atoms with Gasteiger partial charge in [-0.15, -0.1) is 0 Å². The van der Waals surface area contributed by atoms with Crippen LogP contribution in [0.2, 0.25) is 0 Å². The van der Waals surface area contributed by atoms with Crippen LogP contribution in [0.4, 0.5) is 0 Å². The number of benzene rings is 2. The fraction of sp³-hybridized carbons (Fsp3) is 0.438. The second-order valence-corrected chi connectivity index (χ2v) is 11.4. The van der Waals surface area contributed by atoms with Gasteiger partial charge in [-0.2, -0.15) is 0 Å². The molecule has 2 aromatic carbocycles. The topological polar surface area (TPSA) is 92.3 Å². The molecule has 0 radical (unpaired) electrons. The highest BCUT2D eigenvalue weighted by atomic mass is 79.9. The molecule has 9 heteroatoms. The molecule has 8 nitrogen and oxygen atoms in total. The first kappa shape index (κ1) is 30.5. The fourth-order valence-corrected chi connectivity index (χ4v) is 6.14. The predicted molar refractivity (Wildman–Crippen MR) is 160 cm³/mol. The molecule has 0 saturated carbocycles. The SMILES string of the molecule is CCOc1cc(C2C(C(=O)OCC(C)C)=C(C)NC3=C2C(=O)CC(c2ccc(OC)c(OC)c2)C3)cc(Br)c1OC. The van der Waals surface area contributed by atoms with Gasteiger partial charge < -0.3 is 29.0 Å². The maximum absolute atomic E-state index is 14.0. The zero-order valence-electron chi connectivity index (χ0n) is 24.7. The number of ether oxygens (including phenoxy) is 5. The highest BCUT2D eigenvalue weighted by Crippen LogP contribution is 2.49. The first-order valence-electron chi connectivity index (χ1n) is 13.8. The van der Waals surface area contributed by atoms with Gasteiger partial charge in [0.05, 0.1) is 44.6 Å². The molecule has 0 saturated heterocycles. The van der Waals surface area contributed by atoms with E-state index in [1.54, 1.807) is 21.3 Å². The van der Waals surface area contributed by atoms with Gasteiger partial charge in [0.1, 0.15) is 0 Å². The van der Waals surface area contributed by atoms with E-state index in [4.69, 9.17) is 23.7 Å². The van der Waals surface area contributed by atoms with E-state index >= 15 is 0 Å². The number of carbonyl (C=O) groups is 2. The summed E-state index contributed by atoms with van der Waals surface area (Å²) in [5.41, 5.74) is 4.17. The van der Waals surface area contributed by atoms with Crippen LogP contribution in [0.25, 0.3) is 0 Å². The van der Waals surface area contributed by atoms with Crippen LogP contribution in [-0.2, 0) is 14.3 Å². The Labute approximate surface area is 250 Å². The fourth-order valence-electron chi connectivity index (χ4n) is 5.52. The molecule has 0 aromatic heterocycles. The zero-order valence-corrected chi connectivity index (χ0v) is 26.3. The van der Waals surface area contributed by atoms with E-state index in [-0.39, 0.29) is 30.6 Å². The molecule has 2 unspecified atom stereocenters. The Hall–Kier alpha value is -3.46. The van der Waals surface area contributed by atoms with Crippen molar-refractivity contribution in [1.82, 2.24) is 5.32 Å². The van der Waals surface area contributed by atoms with E-state index in [9.17, 15) is 9.59 Å². The number of hydrogen-bond donors (Lipinski definition) is 1. The lowest BCUT2D eigenvalue weighted by atomic mass is 9.71. The Kier molecular flexibility index (Phi) is 9.68. The summed E-state index contributed by atoms with van der Waals surface area (Å²) < 4.78 is 28.7. The van der Waals surface area contributed by atoms with Crippen LogP contribution in [0.1, 0.15) is 63.5 Å². The van der Waals surface area contributed by atoms with E-state index in [0.717, 1.165) is 16.8 Å². The number of nitrogens with one attached hydrogen (secondary N) is 1. The number of carbonyl (C=O) groups excluding carboxylic acids is 2. The van der Waals surface area contributed by atoms with E-state index < -0.39 is 11.9 Å². The first-order valence-corrected chi connectivity index (χ1v) is 14.6. The van der Waals surface area contributed by atoms with E-state index in [2.05, 4.69) is 21.2 Å². The quantitative estimate of drug-likeness (QED) is 0.301. The van der Waals surface area contributed by atoms with Gasteiger partial charge in [-0.3, -0.25) is 4.79 Å². The van der Waals surface area contributed by atoms with Gasteiger partial charge in [-0.05, 0) is 83.4 Å². The number of methoxy groups -OCH3 is 3. The lowest BCUT2D eigenvalue weighted by molar-refractivity contribution is -0.140. The summed E-state index contributed by atoms with van der Waals surface area (Å²) in [4.78, 5) is 27.6. The highest BCUT2D eigenvalue weighted by Gasteiger charge is 2.42. The molecule has 1 aliphatic heterocycles. The average Bonchev–Trinajstić information content (AvgIpc) is 2.94. The van der Waals surface area contributed by atoms with Gasteiger partial charge in [-0.25, -0.2) is 4.79 Å². The van der Waals surface area contributed by atoms with E-state index in [1.165, 1.54) is 0 Å². The van der Waals surface area contributed by atoms with Crippen LogP contribution in [0.3, 0.4) is 0 Å². The molecule has 4 rings (SSSR count). The lowest BCUT2D eigenvalue weighted by Gasteiger charge is -2.37. The predicted octanol–water partition coefficient (Wildman–Crippen LogP) is 6.43. The van der Waals surface area contributed by atoms with Crippen molar-refractivity contribution in [2.45, 2.75) is 52.4 Å². The number of halogens is 1. The van der Waals surface area contributed by atoms with E-state index in [1.807, 2.05) is 58.0 Å². The summed E-state index contributed by atoms with van der Waals surface area (Å²) in [6.45, 7) is 8.42. The van der Waals surface area contributed by atoms with Crippen molar-refractivity contribution in [3.63, 3.8) is 0 Å². The van der Waals surface area contributed by atoms with Crippen molar-refractivity contribution in [2.75, 3.05) is 34.5 Å². The van der Waals surface area contributed by atoms with Crippen LogP contribution in [0.15, 0.2) is 57.3 Å². The number of dihydropyridines is 1. The number of Topliss-reactive ketones (excluding diaryl/α,β-unsaturated/α-hetero) is 1. The zero-order chi connectivity index (χ0) is 29.8. The van der Waals surface area contributed by atoms with Gasteiger partial charge in [0.2, 0.25) is 0 Å². The van der Waals surface area contributed by atoms with Crippen LogP contribution < -0.4 is 24.3 Å². The van der Waals surface area contributed by atoms with Gasteiger partial charge in [0.25, 0.3) is 0 Å². The Bertz CT molecular complexity index is 1390. The van der Waals surface area contributed by atoms with Crippen molar-refractivity contribution in [1.29, 1.82) is 0 Å². The average molecular weight is 629 g/mol. The molecular weight excluding hydrogens is 590 g/mol. The second kappa shape index (κ2) is 13.0. The third-order valence-corrected chi connectivity index (χ3v) is 7.93. The minimum absolute atomic E-state index is 0.0323. The largest absolute Gasteiger partial charge is 0.493 e. The van der Waals surface area contributed by atoms with Gasteiger partial charge in [-0.1, -0.05) is 19.9 Å². The summed E-state index contributed by atoms with van der Waals surface area (Å²) in [6, 6.07) is 9.49. The number of hydrogen-bond acceptors (Lipinski definition) is 8. The van der Waals surface area contributed by atoms with Crippen molar-refractivity contribution < 1.29 is 33.3 Å². The summed E-state index contributed by atoms with van der Waals surface area (Å²) in [6.07, 6.45) is 0.879. The molecule has 0 fully saturated rings. The summed E-state index contributed by atoms with van der Waals surface area (Å²) in [5, 5.41) is 3.41. The van der Waals surface area contributed by atoms with Crippen molar-refractivity contribution in [3.05, 3.63) is 68.5 Å². The van der Waals surface area contributed by atoms with Crippen LogP contribution in [-0.4, -0.2) is 46.3 Å². The van der Waals surface area contributed by atoms with Crippen LogP contribution in [0.5, 0.6) is 23.0 Å². The van der Waals surface area contributed by atoms with Crippen LogP contribution in [0, 0.1) is 5.92 Å². The molecule has 1 N–H and O–H groups in total.